The molecule has 7 aromatic rings. The minimum Gasteiger partial charge on any atom is -0.0622 e. The Hall–Kier alpha value is -4.72. The van der Waals surface area contributed by atoms with Crippen molar-refractivity contribution in [3.63, 3.8) is 0 Å². The van der Waals surface area contributed by atoms with E-state index in [1.54, 1.807) is 0 Å². The van der Waals surface area contributed by atoms with Gasteiger partial charge in [-0.15, -0.1) is 0 Å². The van der Waals surface area contributed by atoms with Crippen LogP contribution in [-0.4, -0.2) is 0 Å². The normalized spacial score (nSPS) is 11.5. The first kappa shape index (κ1) is 24.1. The molecule has 0 fully saturated rings. The highest BCUT2D eigenvalue weighted by molar-refractivity contribution is 9.10. The molecule has 0 heterocycles. The highest BCUT2D eigenvalue weighted by atomic mass is 79.9. The molecule has 0 bridgehead atoms. The van der Waals surface area contributed by atoms with Crippen molar-refractivity contribution in [2.24, 2.45) is 0 Å². The molecule has 0 N–H and O–H groups in total. The molecule has 0 nitrogen and oxygen atoms in total. The predicted octanol–water partition coefficient (Wildman–Crippen LogP) is 11.9. The van der Waals surface area contributed by atoms with Crippen LogP contribution in [0.2, 0.25) is 0 Å². The third-order valence-electron chi connectivity index (χ3n) is 8.30. The van der Waals surface area contributed by atoms with E-state index in [2.05, 4.69) is 168 Å². The van der Waals surface area contributed by atoms with Gasteiger partial charge in [-0.25, -0.2) is 0 Å². The first-order chi connectivity index (χ1) is 20.3. The summed E-state index contributed by atoms with van der Waals surface area (Å²) >= 11 is 3.84. The summed E-state index contributed by atoms with van der Waals surface area (Å²) in [6, 6.07) is 55.0. The second-order valence-electron chi connectivity index (χ2n) is 10.6. The molecule has 41 heavy (non-hydrogen) atoms. The number of benzene rings is 7. The molecule has 0 amide bonds. The lowest BCUT2D eigenvalue weighted by Gasteiger charge is -2.21. The van der Waals surface area contributed by atoms with Crippen molar-refractivity contribution < 1.29 is 0 Å². The lowest BCUT2D eigenvalue weighted by atomic mass is 9.82. The van der Waals surface area contributed by atoms with Gasteiger partial charge in [0.2, 0.25) is 0 Å². The van der Waals surface area contributed by atoms with Gasteiger partial charge in [-0.2, -0.15) is 0 Å². The number of halogens is 1. The van der Waals surface area contributed by atoms with E-state index in [-0.39, 0.29) is 0 Å². The number of rotatable bonds is 4. The zero-order chi connectivity index (χ0) is 27.3. The van der Waals surface area contributed by atoms with Crippen LogP contribution < -0.4 is 0 Å². The van der Waals surface area contributed by atoms with E-state index in [9.17, 15) is 0 Å². The van der Waals surface area contributed by atoms with Gasteiger partial charge in [0.25, 0.3) is 0 Å². The molecular weight excluding hydrogens is 560 g/mol. The SMILES string of the molecule is Brc1ccc2c3c(cccc13)-c1c(-c3ccccc3)c(-c3ccc(-c4ccccc4)cc3)cc(-c3ccccc3)c1-2. The first-order valence-corrected chi connectivity index (χ1v) is 14.8. The Labute approximate surface area is 248 Å². The molecule has 0 aliphatic heterocycles. The van der Waals surface area contributed by atoms with E-state index in [0.29, 0.717) is 0 Å². The van der Waals surface area contributed by atoms with Gasteiger partial charge in [0.05, 0.1) is 0 Å². The Kier molecular flexibility index (Phi) is 5.72. The maximum Gasteiger partial charge on any atom is 0.0254 e. The van der Waals surface area contributed by atoms with Gasteiger partial charge in [-0.05, 0) is 89.7 Å². The second kappa shape index (κ2) is 9.73. The molecule has 0 saturated heterocycles. The van der Waals surface area contributed by atoms with Crippen molar-refractivity contribution in [2.45, 2.75) is 0 Å². The Morgan fingerprint density at radius 3 is 1.51 bits per heavy atom. The molecule has 1 heteroatoms. The van der Waals surface area contributed by atoms with E-state index in [4.69, 9.17) is 0 Å². The maximum atomic E-state index is 3.84. The molecule has 0 unspecified atom stereocenters. The number of fused-ring (bicyclic) bond motifs is 3. The van der Waals surface area contributed by atoms with Crippen molar-refractivity contribution in [1.82, 2.24) is 0 Å². The second-order valence-corrected chi connectivity index (χ2v) is 11.4. The first-order valence-electron chi connectivity index (χ1n) is 14.0. The average Bonchev–Trinajstić information content (AvgIpc) is 3.38. The molecule has 0 atom stereocenters. The monoisotopic (exact) mass is 584 g/mol. The zero-order valence-corrected chi connectivity index (χ0v) is 23.9. The van der Waals surface area contributed by atoms with Gasteiger partial charge in [0.15, 0.2) is 0 Å². The van der Waals surface area contributed by atoms with E-state index in [1.165, 1.54) is 77.5 Å². The van der Waals surface area contributed by atoms with Gasteiger partial charge >= 0.3 is 0 Å². The van der Waals surface area contributed by atoms with Crippen LogP contribution in [0.1, 0.15) is 0 Å². The highest BCUT2D eigenvalue weighted by Crippen LogP contribution is 2.57. The van der Waals surface area contributed by atoms with Crippen LogP contribution in [0.15, 0.2) is 156 Å². The average molecular weight is 586 g/mol. The van der Waals surface area contributed by atoms with Crippen molar-refractivity contribution in [1.29, 1.82) is 0 Å². The van der Waals surface area contributed by atoms with Crippen LogP contribution >= 0.6 is 15.9 Å². The molecule has 0 aromatic heterocycles. The standard InChI is InChI=1S/C40H25Br/c41-36-24-23-33-38-31(36)17-10-18-32(38)40-37(30-15-8-3-9-16-30)34(25-35(39(33)40)28-13-6-2-7-14-28)29-21-19-27(20-22-29)26-11-4-1-5-12-26/h1-25H. The van der Waals surface area contributed by atoms with Gasteiger partial charge in [-0.3, -0.25) is 0 Å². The van der Waals surface area contributed by atoms with E-state index in [1.807, 2.05) is 0 Å². The Morgan fingerprint density at radius 1 is 0.317 bits per heavy atom. The largest absolute Gasteiger partial charge is 0.0622 e. The zero-order valence-electron chi connectivity index (χ0n) is 22.3. The molecule has 8 rings (SSSR count). The lowest BCUT2D eigenvalue weighted by Crippen LogP contribution is -1.94. The van der Waals surface area contributed by atoms with Crippen molar-refractivity contribution in [2.75, 3.05) is 0 Å². The fourth-order valence-electron chi connectivity index (χ4n) is 6.47. The summed E-state index contributed by atoms with van der Waals surface area (Å²) < 4.78 is 1.13. The Balaban J connectivity index is 1.48. The molecule has 192 valence electrons. The van der Waals surface area contributed by atoms with Crippen LogP contribution in [0.4, 0.5) is 0 Å². The van der Waals surface area contributed by atoms with E-state index >= 15 is 0 Å². The molecule has 0 saturated carbocycles. The Bertz CT molecular complexity index is 2060. The van der Waals surface area contributed by atoms with Gasteiger partial charge in [0.1, 0.15) is 0 Å². The van der Waals surface area contributed by atoms with Gasteiger partial charge in [0, 0.05) is 4.47 Å². The summed E-state index contributed by atoms with van der Waals surface area (Å²) in [5.74, 6) is 0. The summed E-state index contributed by atoms with van der Waals surface area (Å²) in [4.78, 5) is 0. The molecule has 7 aromatic carbocycles. The van der Waals surface area contributed by atoms with Gasteiger partial charge < -0.3 is 0 Å². The summed E-state index contributed by atoms with van der Waals surface area (Å²) in [7, 11) is 0. The molecule has 0 spiro atoms. The minimum atomic E-state index is 1.13. The number of hydrogen-bond acceptors (Lipinski definition) is 0. The molecule has 1 aliphatic carbocycles. The maximum absolute atomic E-state index is 3.84. The quantitative estimate of drug-likeness (QED) is 0.193. The topological polar surface area (TPSA) is 0 Å². The van der Waals surface area contributed by atoms with Crippen molar-refractivity contribution in [3.05, 3.63) is 156 Å². The van der Waals surface area contributed by atoms with E-state index in [0.717, 1.165) is 4.47 Å². The summed E-state index contributed by atoms with van der Waals surface area (Å²) in [6.45, 7) is 0. The highest BCUT2D eigenvalue weighted by Gasteiger charge is 2.30. The number of hydrogen-bond donors (Lipinski definition) is 0. The molecule has 0 radical (unpaired) electrons. The molecular formula is C40H25Br. The lowest BCUT2D eigenvalue weighted by molar-refractivity contribution is 1.56. The molecule has 1 aliphatic rings. The summed E-state index contributed by atoms with van der Waals surface area (Å²) in [6.07, 6.45) is 0. The van der Waals surface area contributed by atoms with Crippen LogP contribution in [0.3, 0.4) is 0 Å². The summed E-state index contributed by atoms with van der Waals surface area (Å²) in [5.41, 5.74) is 15.2. The third-order valence-corrected chi connectivity index (χ3v) is 9.00. The van der Waals surface area contributed by atoms with Crippen LogP contribution in [0.5, 0.6) is 0 Å². The van der Waals surface area contributed by atoms with Crippen LogP contribution in [0, 0.1) is 0 Å². The fraction of sp³-hybridized carbons (Fsp3) is 0. The fourth-order valence-corrected chi connectivity index (χ4v) is 6.93. The van der Waals surface area contributed by atoms with E-state index < -0.39 is 0 Å². The smallest absolute Gasteiger partial charge is 0.0254 e. The van der Waals surface area contributed by atoms with Crippen LogP contribution in [-0.2, 0) is 0 Å². The third kappa shape index (κ3) is 3.89. The van der Waals surface area contributed by atoms with Gasteiger partial charge in [-0.1, -0.05) is 155 Å². The Morgan fingerprint density at radius 2 is 0.829 bits per heavy atom. The van der Waals surface area contributed by atoms with Crippen LogP contribution in [0.25, 0.3) is 77.5 Å². The van der Waals surface area contributed by atoms with Crippen molar-refractivity contribution in [3.8, 4) is 66.8 Å². The predicted molar refractivity (Wildman–Crippen MR) is 178 cm³/mol. The minimum absolute atomic E-state index is 1.13. The summed E-state index contributed by atoms with van der Waals surface area (Å²) in [5, 5.41) is 2.57. The van der Waals surface area contributed by atoms with Crippen molar-refractivity contribution >= 4 is 26.7 Å².